The van der Waals surface area contributed by atoms with Crippen LogP contribution in [-0.4, -0.2) is 29.2 Å². The van der Waals surface area contributed by atoms with Gasteiger partial charge in [-0.25, -0.2) is 4.85 Å². The lowest BCUT2D eigenvalue weighted by Gasteiger charge is -2.15. The molecule has 0 radical (unpaired) electrons. The highest BCUT2D eigenvalue weighted by Gasteiger charge is 2.19. The molecule has 32 heavy (non-hydrogen) atoms. The Morgan fingerprint density at radius 2 is 1.88 bits per heavy atom. The van der Waals surface area contributed by atoms with Crippen LogP contribution in [0, 0.1) is 12.5 Å². The highest BCUT2D eigenvalue weighted by Crippen LogP contribution is 2.38. The maximum absolute atomic E-state index is 7.28. The number of ether oxygens (including phenoxy) is 1. The van der Waals surface area contributed by atoms with E-state index in [2.05, 4.69) is 39.1 Å². The molecule has 1 fully saturated rings. The second kappa shape index (κ2) is 8.86. The summed E-state index contributed by atoms with van der Waals surface area (Å²) in [5, 5.41) is 4.65. The molecule has 1 N–H and O–H groups in total. The van der Waals surface area contributed by atoms with Gasteiger partial charge in [0.1, 0.15) is 5.75 Å². The van der Waals surface area contributed by atoms with Crippen LogP contribution in [0.15, 0.2) is 67.0 Å². The molecule has 1 saturated heterocycles. The van der Waals surface area contributed by atoms with Crippen LogP contribution in [0.3, 0.4) is 0 Å². The molecule has 0 aliphatic carbocycles. The first-order valence-corrected chi connectivity index (χ1v) is 11.2. The molecule has 3 heterocycles. The van der Waals surface area contributed by atoms with Crippen LogP contribution in [0.5, 0.6) is 5.75 Å². The molecule has 160 valence electrons. The Balaban J connectivity index is 1.64. The SMILES string of the molecule is [C-]#[N+]c1ccc(-c2c(-c3ccc(OCC)cc3)ncc3c2ccn3C[C@@H]2CCNC2)cc1. The summed E-state index contributed by atoms with van der Waals surface area (Å²) in [5.74, 6) is 1.51. The van der Waals surface area contributed by atoms with Crippen molar-refractivity contribution in [3.05, 3.63) is 78.4 Å². The van der Waals surface area contributed by atoms with Crippen LogP contribution in [0.2, 0.25) is 0 Å². The number of nitrogens with one attached hydrogen (secondary N) is 1. The number of nitrogens with zero attached hydrogens (tertiary/aromatic N) is 3. The summed E-state index contributed by atoms with van der Waals surface area (Å²) in [7, 11) is 0. The Hall–Kier alpha value is -3.62. The summed E-state index contributed by atoms with van der Waals surface area (Å²) in [6.45, 7) is 13.1. The predicted octanol–water partition coefficient (Wildman–Crippen LogP) is 5.93. The normalized spacial score (nSPS) is 15.7. The van der Waals surface area contributed by atoms with Gasteiger partial charge in [-0.2, -0.15) is 0 Å². The summed E-state index contributed by atoms with van der Waals surface area (Å²) in [6, 6.07) is 18.1. The second-order valence-corrected chi connectivity index (χ2v) is 8.22. The summed E-state index contributed by atoms with van der Waals surface area (Å²) in [6.07, 6.45) is 5.40. The predicted molar refractivity (Wildman–Crippen MR) is 129 cm³/mol. The molecule has 1 aliphatic rings. The molecule has 2 aromatic heterocycles. The smallest absolute Gasteiger partial charge is 0.187 e. The van der Waals surface area contributed by atoms with Gasteiger partial charge in [0, 0.05) is 29.3 Å². The van der Waals surface area contributed by atoms with Gasteiger partial charge in [-0.15, -0.1) is 0 Å². The van der Waals surface area contributed by atoms with Gasteiger partial charge in [-0.3, -0.25) is 4.98 Å². The van der Waals surface area contributed by atoms with Gasteiger partial charge in [0.15, 0.2) is 5.69 Å². The van der Waals surface area contributed by atoms with E-state index in [-0.39, 0.29) is 0 Å². The molecule has 5 heteroatoms. The number of fused-ring (bicyclic) bond motifs is 1. The third-order valence-electron chi connectivity index (χ3n) is 6.17. The van der Waals surface area contributed by atoms with E-state index in [9.17, 15) is 0 Å². The third kappa shape index (κ3) is 3.86. The Morgan fingerprint density at radius 1 is 1.09 bits per heavy atom. The Kier molecular flexibility index (Phi) is 5.62. The Labute approximate surface area is 188 Å². The van der Waals surface area contributed by atoms with Crippen LogP contribution in [-0.2, 0) is 6.54 Å². The van der Waals surface area contributed by atoms with E-state index in [1.807, 2.05) is 49.5 Å². The minimum atomic E-state index is 0.641. The average Bonchev–Trinajstić information content (AvgIpc) is 3.50. The zero-order valence-corrected chi connectivity index (χ0v) is 18.2. The minimum Gasteiger partial charge on any atom is -0.494 e. The lowest BCUT2D eigenvalue weighted by Crippen LogP contribution is -2.14. The first kappa shape index (κ1) is 20.3. The van der Waals surface area contributed by atoms with Crippen LogP contribution < -0.4 is 10.1 Å². The summed E-state index contributed by atoms with van der Waals surface area (Å²) in [5.41, 5.74) is 5.95. The highest BCUT2D eigenvalue weighted by molar-refractivity contribution is 6.01. The van der Waals surface area contributed by atoms with Crippen molar-refractivity contribution >= 4 is 16.6 Å². The highest BCUT2D eigenvalue weighted by atomic mass is 16.5. The van der Waals surface area contributed by atoms with Crippen LogP contribution in [0.1, 0.15) is 13.3 Å². The van der Waals surface area contributed by atoms with E-state index in [0.29, 0.717) is 18.2 Å². The van der Waals surface area contributed by atoms with Crippen molar-refractivity contribution in [3.63, 3.8) is 0 Å². The first-order chi connectivity index (χ1) is 15.8. The molecule has 1 aliphatic heterocycles. The van der Waals surface area contributed by atoms with Crippen molar-refractivity contribution in [2.24, 2.45) is 5.92 Å². The van der Waals surface area contributed by atoms with E-state index in [4.69, 9.17) is 16.3 Å². The fourth-order valence-corrected chi connectivity index (χ4v) is 4.55. The third-order valence-corrected chi connectivity index (χ3v) is 6.17. The van der Waals surface area contributed by atoms with Gasteiger partial charge >= 0.3 is 0 Å². The van der Waals surface area contributed by atoms with E-state index in [0.717, 1.165) is 53.3 Å². The molecule has 5 rings (SSSR count). The monoisotopic (exact) mass is 422 g/mol. The quantitative estimate of drug-likeness (QED) is 0.392. The van der Waals surface area contributed by atoms with E-state index >= 15 is 0 Å². The van der Waals surface area contributed by atoms with Crippen molar-refractivity contribution < 1.29 is 4.74 Å². The van der Waals surface area contributed by atoms with Crippen molar-refractivity contribution in [1.29, 1.82) is 0 Å². The fraction of sp³-hybridized carbons (Fsp3) is 0.259. The summed E-state index contributed by atoms with van der Waals surface area (Å²) in [4.78, 5) is 8.49. The van der Waals surface area contributed by atoms with Crippen molar-refractivity contribution in [3.8, 4) is 28.1 Å². The van der Waals surface area contributed by atoms with Gasteiger partial charge < -0.3 is 14.6 Å². The van der Waals surface area contributed by atoms with Gasteiger partial charge in [0.05, 0.1) is 30.6 Å². The number of rotatable bonds is 6. The van der Waals surface area contributed by atoms with Crippen molar-refractivity contribution in [1.82, 2.24) is 14.9 Å². The number of aromatic nitrogens is 2. The molecule has 5 nitrogen and oxygen atoms in total. The van der Waals surface area contributed by atoms with Gasteiger partial charge in [0.2, 0.25) is 0 Å². The Bertz CT molecular complexity index is 1260. The molecular formula is C27H26N4O. The second-order valence-electron chi connectivity index (χ2n) is 8.22. The van der Waals surface area contributed by atoms with Gasteiger partial charge in [-0.05, 0) is 68.2 Å². The van der Waals surface area contributed by atoms with E-state index < -0.39 is 0 Å². The van der Waals surface area contributed by atoms with E-state index in [1.165, 1.54) is 11.8 Å². The zero-order chi connectivity index (χ0) is 21.9. The standard InChI is InChI=1S/C27H26N4O/c1-3-32-23-10-6-21(7-11-23)27-26(20-4-8-22(28-2)9-5-20)24-13-15-31(25(24)17-30-27)18-19-12-14-29-16-19/h4-11,13,15,17,19,29H,3,12,14,16,18H2,1H3/t19-/m1/s1. The number of benzene rings is 2. The maximum Gasteiger partial charge on any atom is 0.187 e. The molecule has 0 unspecified atom stereocenters. The average molecular weight is 423 g/mol. The zero-order valence-electron chi connectivity index (χ0n) is 18.2. The van der Waals surface area contributed by atoms with Gasteiger partial charge in [0.25, 0.3) is 0 Å². The van der Waals surface area contributed by atoms with Crippen molar-refractivity contribution in [2.75, 3.05) is 19.7 Å². The number of hydrogen-bond donors (Lipinski definition) is 1. The number of pyridine rings is 1. The molecule has 1 atom stereocenters. The van der Waals surface area contributed by atoms with Crippen molar-refractivity contribution in [2.45, 2.75) is 19.9 Å². The minimum absolute atomic E-state index is 0.641. The molecule has 2 aromatic carbocycles. The van der Waals surface area contributed by atoms with Crippen LogP contribution >= 0.6 is 0 Å². The first-order valence-electron chi connectivity index (χ1n) is 11.2. The lowest BCUT2D eigenvalue weighted by molar-refractivity contribution is 0.340. The Morgan fingerprint density at radius 3 is 2.56 bits per heavy atom. The topological polar surface area (TPSA) is 43.4 Å². The molecule has 0 saturated carbocycles. The maximum atomic E-state index is 7.28. The number of hydrogen-bond acceptors (Lipinski definition) is 3. The molecule has 0 spiro atoms. The van der Waals surface area contributed by atoms with Crippen LogP contribution in [0.4, 0.5) is 5.69 Å². The summed E-state index contributed by atoms with van der Waals surface area (Å²) < 4.78 is 7.95. The summed E-state index contributed by atoms with van der Waals surface area (Å²) >= 11 is 0. The van der Waals surface area contributed by atoms with Crippen LogP contribution in [0.25, 0.3) is 38.1 Å². The molecule has 0 amide bonds. The molecular weight excluding hydrogens is 396 g/mol. The lowest BCUT2D eigenvalue weighted by atomic mass is 9.96. The van der Waals surface area contributed by atoms with Gasteiger partial charge in [-0.1, -0.05) is 24.3 Å². The molecule has 0 bridgehead atoms. The largest absolute Gasteiger partial charge is 0.494 e. The molecule has 4 aromatic rings. The fourth-order valence-electron chi connectivity index (χ4n) is 4.55. The van der Waals surface area contributed by atoms with E-state index in [1.54, 1.807) is 0 Å².